The van der Waals surface area contributed by atoms with Crippen molar-refractivity contribution in [2.45, 2.75) is 43.9 Å². The number of aliphatic imine (C=N–C) groups is 1. The SMILES string of the molecule is CC1(F)CC(F)(F)C(C)(c2cc(NC(=O)c3ccn(C(F)F)n3)ccc2F)N=C1N. The van der Waals surface area contributed by atoms with Crippen LogP contribution in [0.4, 0.5) is 32.0 Å². The van der Waals surface area contributed by atoms with Crippen LogP contribution in [0, 0.1) is 5.82 Å². The van der Waals surface area contributed by atoms with Gasteiger partial charge in [0.25, 0.3) is 11.8 Å². The van der Waals surface area contributed by atoms with E-state index in [0.29, 0.717) is 0 Å². The number of nitrogens with two attached hydrogens (primary N) is 1. The number of hydrogen-bond acceptors (Lipinski definition) is 4. The minimum Gasteiger partial charge on any atom is -0.385 e. The topological polar surface area (TPSA) is 85.3 Å². The zero-order valence-electron chi connectivity index (χ0n) is 15.8. The second-order valence-electron chi connectivity index (χ2n) is 7.26. The molecule has 0 aliphatic carbocycles. The molecule has 3 rings (SSSR count). The number of amidine groups is 1. The molecule has 6 nitrogen and oxygen atoms in total. The van der Waals surface area contributed by atoms with Crippen molar-refractivity contribution in [3.8, 4) is 0 Å². The Balaban J connectivity index is 1.97. The molecule has 2 aromatic rings. The summed E-state index contributed by atoms with van der Waals surface area (Å²) in [5, 5.41) is 5.64. The van der Waals surface area contributed by atoms with Gasteiger partial charge in [-0.1, -0.05) is 0 Å². The van der Waals surface area contributed by atoms with Gasteiger partial charge in [-0.25, -0.2) is 22.2 Å². The van der Waals surface area contributed by atoms with E-state index in [0.717, 1.165) is 44.3 Å². The molecule has 3 N–H and O–H groups in total. The minimum absolute atomic E-state index is 0.123. The van der Waals surface area contributed by atoms with Gasteiger partial charge in [-0.15, -0.1) is 0 Å². The molecule has 1 aromatic heterocycles. The fourth-order valence-electron chi connectivity index (χ4n) is 3.12. The second-order valence-corrected chi connectivity index (χ2v) is 7.26. The lowest BCUT2D eigenvalue weighted by Gasteiger charge is -2.42. The molecular formula is C18H17F6N5O. The van der Waals surface area contributed by atoms with Gasteiger partial charge in [-0.2, -0.15) is 13.9 Å². The zero-order chi connectivity index (χ0) is 22.5. The van der Waals surface area contributed by atoms with Crippen LogP contribution >= 0.6 is 0 Å². The Morgan fingerprint density at radius 1 is 1.23 bits per heavy atom. The molecule has 0 spiro atoms. The Morgan fingerprint density at radius 2 is 1.90 bits per heavy atom. The highest BCUT2D eigenvalue weighted by Crippen LogP contribution is 2.50. The molecule has 162 valence electrons. The van der Waals surface area contributed by atoms with Gasteiger partial charge in [0.15, 0.2) is 16.9 Å². The van der Waals surface area contributed by atoms with Gasteiger partial charge < -0.3 is 11.1 Å². The second kappa shape index (κ2) is 7.03. The van der Waals surface area contributed by atoms with E-state index < -0.39 is 53.2 Å². The summed E-state index contributed by atoms with van der Waals surface area (Å²) in [6.07, 6.45) is -0.433. The van der Waals surface area contributed by atoms with Crippen molar-refractivity contribution in [1.82, 2.24) is 9.78 Å². The predicted molar refractivity (Wildman–Crippen MR) is 95.9 cm³/mol. The van der Waals surface area contributed by atoms with Crippen molar-refractivity contribution in [3.05, 3.63) is 47.5 Å². The number of amides is 1. The Kier molecular flexibility index (Phi) is 5.07. The lowest BCUT2D eigenvalue weighted by molar-refractivity contribution is -0.106. The number of halogens is 6. The maximum atomic E-state index is 14.8. The molecular weight excluding hydrogens is 416 g/mol. The minimum atomic E-state index is -3.81. The summed E-state index contributed by atoms with van der Waals surface area (Å²) in [4.78, 5) is 15.8. The molecule has 1 amide bonds. The van der Waals surface area contributed by atoms with Crippen LogP contribution in [0.1, 0.15) is 42.9 Å². The summed E-state index contributed by atoms with van der Waals surface area (Å²) in [5.74, 6) is -6.51. The van der Waals surface area contributed by atoms with Crippen LogP contribution in [-0.2, 0) is 5.54 Å². The Morgan fingerprint density at radius 3 is 2.50 bits per heavy atom. The van der Waals surface area contributed by atoms with E-state index in [1.165, 1.54) is 0 Å². The first-order valence-electron chi connectivity index (χ1n) is 8.64. The highest BCUT2D eigenvalue weighted by molar-refractivity contribution is 6.02. The number of anilines is 1. The van der Waals surface area contributed by atoms with Crippen LogP contribution in [0.15, 0.2) is 35.5 Å². The standard InChI is InChI=1S/C18H17F6N5O/c1-16(22)8-18(23,24)17(2,27-14(16)25)10-7-9(3-4-11(10)19)26-13(30)12-5-6-29(28-12)15(20)21/h3-7,15H,8H2,1-2H3,(H2,25,27)(H,26,30). The largest absolute Gasteiger partial charge is 0.385 e. The summed E-state index contributed by atoms with van der Waals surface area (Å²) in [6, 6.07) is 3.83. The first-order valence-corrected chi connectivity index (χ1v) is 8.64. The van der Waals surface area contributed by atoms with Gasteiger partial charge in [-0.05, 0) is 38.1 Å². The summed E-state index contributed by atoms with van der Waals surface area (Å²) >= 11 is 0. The maximum Gasteiger partial charge on any atom is 0.333 e. The maximum absolute atomic E-state index is 14.8. The quantitative estimate of drug-likeness (QED) is 0.715. The van der Waals surface area contributed by atoms with E-state index in [2.05, 4.69) is 15.4 Å². The fraction of sp³-hybridized carbons (Fsp3) is 0.389. The number of benzene rings is 1. The monoisotopic (exact) mass is 433 g/mol. The van der Waals surface area contributed by atoms with Crippen LogP contribution in [-0.4, -0.2) is 33.1 Å². The molecule has 0 saturated carbocycles. The number of hydrogen-bond donors (Lipinski definition) is 2. The average molecular weight is 433 g/mol. The smallest absolute Gasteiger partial charge is 0.333 e. The van der Waals surface area contributed by atoms with Crippen molar-refractivity contribution in [1.29, 1.82) is 0 Å². The first kappa shape index (κ1) is 21.7. The molecule has 30 heavy (non-hydrogen) atoms. The summed E-state index contributed by atoms with van der Waals surface area (Å²) < 4.78 is 83.7. The molecule has 0 fully saturated rings. The van der Waals surface area contributed by atoms with Gasteiger partial charge in [-0.3, -0.25) is 9.79 Å². The Bertz CT molecular complexity index is 1020. The lowest BCUT2D eigenvalue weighted by atomic mass is 9.77. The third-order valence-electron chi connectivity index (χ3n) is 4.93. The van der Waals surface area contributed by atoms with E-state index >= 15 is 0 Å². The van der Waals surface area contributed by atoms with Crippen LogP contribution in [0.3, 0.4) is 0 Å². The van der Waals surface area contributed by atoms with Gasteiger partial charge >= 0.3 is 6.55 Å². The molecule has 1 aromatic carbocycles. The molecule has 2 heterocycles. The zero-order valence-corrected chi connectivity index (χ0v) is 15.8. The predicted octanol–water partition coefficient (Wildman–Crippen LogP) is 4.01. The number of aromatic nitrogens is 2. The number of nitrogens with one attached hydrogen (secondary N) is 1. The highest BCUT2D eigenvalue weighted by atomic mass is 19.3. The number of carbonyl (C=O) groups excluding carboxylic acids is 1. The summed E-state index contributed by atoms with van der Waals surface area (Å²) in [6.45, 7) is -1.20. The van der Waals surface area contributed by atoms with Crippen LogP contribution in [0.25, 0.3) is 0 Å². The van der Waals surface area contributed by atoms with E-state index in [4.69, 9.17) is 5.73 Å². The number of alkyl halides is 5. The van der Waals surface area contributed by atoms with E-state index in [1.54, 1.807) is 0 Å². The van der Waals surface area contributed by atoms with E-state index in [9.17, 15) is 31.1 Å². The van der Waals surface area contributed by atoms with Gasteiger partial charge in [0.1, 0.15) is 11.7 Å². The van der Waals surface area contributed by atoms with Crippen molar-refractivity contribution in [2.24, 2.45) is 10.7 Å². The average Bonchev–Trinajstić information content (AvgIpc) is 3.11. The molecule has 12 heteroatoms. The number of rotatable bonds is 4. The summed E-state index contributed by atoms with van der Waals surface area (Å²) in [7, 11) is 0. The van der Waals surface area contributed by atoms with Crippen molar-refractivity contribution in [2.75, 3.05) is 5.32 Å². The number of nitrogens with zero attached hydrogens (tertiary/aromatic N) is 3. The molecule has 0 saturated heterocycles. The van der Waals surface area contributed by atoms with Crippen molar-refractivity contribution < 1.29 is 31.1 Å². The first-order chi connectivity index (χ1) is 13.8. The van der Waals surface area contributed by atoms with Gasteiger partial charge in [0.05, 0.1) is 6.42 Å². The fourth-order valence-corrected chi connectivity index (χ4v) is 3.12. The van der Waals surface area contributed by atoms with E-state index in [-0.39, 0.29) is 16.1 Å². The van der Waals surface area contributed by atoms with Crippen LogP contribution < -0.4 is 11.1 Å². The Labute approximate surface area is 166 Å². The molecule has 2 atom stereocenters. The van der Waals surface area contributed by atoms with Gasteiger partial charge in [0.2, 0.25) is 0 Å². The third-order valence-corrected chi connectivity index (χ3v) is 4.93. The van der Waals surface area contributed by atoms with Gasteiger partial charge in [0, 0.05) is 17.4 Å². The molecule has 1 aliphatic heterocycles. The Hall–Kier alpha value is -3.05. The lowest BCUT2D eigenvalue weighted by Crippen LogP contribution is -2.56. The molecule has 2 unspecified atom stereocenters. The normalized spacial score (nSPS) is 25.8. The molecule has 0 radical (unpaired) electrons. The molecule has 0 bridgehead atoms. The van der Waals surface area contributed by atoms with E-state index in [1.807, 2.05) is 0 Å². The molecule has 1 aliphatic rings. The summed E-state index contributed by atoms with van der Waals surface area (Å²) in [5.41, 5.74) is -0.731. The van der Waals surface area contributed by atoms with Crippen LogP contribution in [0.2, 0.25) is 0 Å². The van der Waals surface area contributed by atoms with Crippen LogP contribution in [0.5, 0.6) is 0 Å². The van der Waals surface area contributed by atoms with Crippen molar-refractivity contribution >= 4 is 17.4 Å². The highest BCUT2D eigenvalue weighted by Gasteiger charge is 2.60. The third kappa shape index (κ3) is 3.61. The van der Waals surface area contributed by atoms with Crippen molar-refractivity contribution in [3.63, 3.8) is 0 Å². The number of carbonyl (C=O) groups is 1.